The van der Waals surface area contributed by atoms with Crippen LogP contribution in [0.4, 0.5) is 5.82 Å². The predicted octanol–water partition coefficient (Wildman–Crippen LogP) is 1.08. The maximum atomic E-state index is 11.1. The summed E-state index contributed by atoms with van der Waals surface area (Å²) < 4.78 is 4.50. The quantitative estimate of drug-likeness (QED) is 0.731. The highest BCUT2D eigenvalue weighted by Gasteiger charge is 2.09. The Morgan fingerprint density at radius 2 is 2.29 bits per heavy atom. The summed E-state index contributed by atoms with van der Waals surface area (Å²) in [6.07, 6.45) is 1.52. The van der Waals surface area contributed by atoms with Gasteiger partial charge >= 0.3 is 5.97 Å². The van der Waals surface area contributed by atoms with Gasteiger partial charge in [0.15, 0.2) is 0 Å². The third-order valence-corrected chi connectivity index (χ3v) is 1.46. The van der Waals surface area contributed by atoms with Crippen molar-refractivity contribution in [3.63, 3.8) is 0 Å². The normalized spacial score (nSPS) is 10.0. The van der Waals surface area contributed by atoms with Crippen molar-refractivity contribution < 1.29 is 9.53 Å². The van der Waals surface area contributed by atoms with Gasteiger partial charge in [-0.1, -0.05) is 0 Å². The molecule has 1 rings (SSSR count). The van der Waals surface area contributed by atoms with E-state index < -0.39 is 5.97 Å². The number of anilines is 1. The molecule has 0 aliphatic heterocycles. The second-order valence-corrected chi connectivity index (χ2v) is 3.06. The van der Waals surface area contributed by atoms with E-state index >= 15 is 0 Å². The predicted molar refractivity (Wildman–Crippen MR) is 52.1 cm³/mol. The third kappa shape index (κ3) is 2.69. The van der Waals surface area contributed by atoms with Crippen molar-refractivity contribution in [3.8, 4) is 0 Å². The average Bonchev–Trinajstić information content (AvgIpc) is 2.16. The molecule has 0 atom stereocenters. The molecule has 76 valence electrons. The van der Waals surface area contributed by atoms with Crippen LogP contribution >= 0.6 is 0 Å². The third-order valence-electron chi connectivity index (χ3n) is 1.46. The smallest absolute Gasteiger partial charge is 0.376 e. The minimum Gasteiger partial charge on any atom is -0.463 e. The van der Waals surface area contributed by atoms with Gasteiger partial charge in [-0.25, -0.2) is 14.8 Å². The van der Waals surface area contributed by atoms with Gasteiger partial charge in [0.25, 0.3) is 0 Å². The minimum absolute atomic E-state index is 0.0677. The number of hydrogen-bond donors (Lipinski definition) is 1. The summed E-state index contributed by atoms with van der Waals surface area (Å²) in [6, 6.07) is 1.96. The molecule has 0 fully saturated rings. The summed E-state index contributed by atoms with van der Waals surface area (Å²) in [6.45, 7) is 3.97. The van der Waals surface area contributed by atoms with Crippen LogP contribution in [0.15, 0.2) is 12.3 Å². The number of ether oxygens (including phenoxy) is 1. The van der Waals surface area contributed by atoms with Gasteiger partial charge in [0.05, 0.1) is 7.11 Å². The van der Waals surface area contributed by atoms with E-state index in [9.17, 15) is 4.79 Å². The maximum Gasteiger partial charge on any atom is 0.376 e. The molecule has 0 aromatic carbocycles. The van der Waals surface area contributed by atoms with Gasteiger partial charge in [-0.2, -0.15) is 0 Å². The van der Waals surface area contributed by atoms with Crippen LogP contribution < -0.4 is 5.32 Å². The first-order valence-corrected chi connectivity index (χ1v) is 4.31. The van der Waals surface area contributed by atoms with Crippen LogP contribution in [0.2, 0.25) is 0 Å². The number of aromatic nitrogens is 2. The largest absolute Gasteiger partial charge is 0.463 e. The van der Waals surface area contributed by atoms with Gasteiger partial charge in [-0.15, -0.1) is 0 Å². The summed E-state index contributed by atoms with van der Waals surface area (Å²) in [5.74, 6) is 0.158. The van der Waals surface area contributed by atoms with Gasteiger partial charge in [0.2, 0.25) is 5.82 Å². The molecule has 0 unspecified atom stereocenters. The second-order valence-electron chi connectivity index (χ2n) is 3.06. The van der Waals surface area contributed by atoms with Gasteiger partial charge < -0.3 is 10.1 Å². The molecule has 0 bridgehead atoms. The van der Waals surface area contributed by atoms with E-state index in [1.165, 1.54) is 13.3 Å². The number of carbonyl (C=O) groups is 1. The number of nitrogens with zero attached hydrogens (tertiary/aromatic N) is 2. The fourth-order valence-corrected chi connectivity index (χ4v) is 0.924. The summed E-state index contributed by atoms with van der Waals surface area (Å²) in [4.78, 5) is 18.9. The van der Waals surface area contributed by atoms with Gasteiger partial charge in [0.1, 0.15) is 5.82 Å². The molecule has 0 saturated heterocycles. The van der Waals surface area contributed by atoms with Gasteiger partial charge in [0, 0.05) is 12.2 Å². The molecule has 0 aliphatic carbocycles. The van der Waals surface area contributed by atoms with Crippen LogP contribution in [0.5, 0.6) is 0 Å². The monoisotopic (exact) mass is 195 g/mol. The van der Waals surface area contributed by atoms with E-state index in [-0.39, 0.29) is 11.9 Å². The lowest BCUT2D eigenvalue weighted by atomic mass is 10.4. The van der Waals surface area contributed by atoms with E-state index in [2.05, 4.69) is 20.0 Å². The standard InChI is InChI=1S/C9H13N3O2/c1-6(2)11-7-4-5-10-8(12-7)9(13)14-3/h4-6H,1-3H3,(H,10,11,12). The van der Waals surface area contributed by atoms with E-state index in [4.69, 9.17) is 0 Å². The Bertz CT molecular complexity index is 326. The fraction of sp³-hybridized carbons (Fsp3) is 0.444. The van der Waals surface area contributed by atoms with Crippen molar-refractivity contribution >= 4 is 11.8 Å². The SMILES string of the molecule is COC(=O)c1nccc(NC(C)C)n1. The van der Waals surface area contributed by atoms with Crippen molar-refractivity contribution in [1.82, 2.24) is 9.97 Å². The second kappa shape index (κ2) is 4.55. The number of esters is 1. The Balaban J connectivity index is 2.84. The van der Waals surface area contributed by atoms with Crippen molar-refractivity contribution in [2.75, 3.05) is 12.4 Å². The van der Waals surface area contributed by atoms with Crippen LogP contribution in [0.1, 0.15) is 24.5 Å². The van der Waals surface area contributed by atoms with Crippen LogP contribution in [-0.2, 0) is 4.74 Å². The molecular weight excluding hydrogens is 182 g/mol. The van der Waals surface area contributed by atoms with Crippen LogP contribution in [-0.4, -0.2) is 29.1 Å². The highest BCUT2D eigenvalue weighted by molar-refractivity contribution is 5.85. The van der Waals surface area contributed by atoms with Crippen LogP contribution in [0, 0.1) is 0 Å². The summed E-state index contributed by atoms with van der Waals surface area (Å²) in [7, 11) is 1.30. The maximum absolute atomic E-state index is 11.1. The average molecular weight is 195 g/mol. The molecule has 1 heterocycles. The van der Waals surface area contributed by atoms with E-state index in [0.29, 0.717) is 5.82 Å². The zero-order valence-electron chi connectivity index (χ0n) is 8.44. The molecule has 0 amide bonds. The fourth-order valence-electron chi connectivity index (χ4n) is 0.924. The van der Waals surface area contributed by atoms with Crippen molar-refractivity contribution in [2.45, 2.75) is 19.9 Å². The van der Waals surface area contributed by atoms with Crippen molar-refractivity contribution in [1.29, 1.82) is 0 Å². The summed E-state index contributed by atoms with van der Waals surface area (Å²) >= 11 is 0. The van der Waals surface area contributed by atoms with Crippen molar-refractivity contribution in [2.24, 2.45) is 0 Å². The minimum atomic E-state index is -0.530. The molecule has 0 radical (unpaired) electrons. The molecule has 5 heteroatoms. The molecular formula is C9H13N3O2. The summed E-state index contributed by atoms with van der Waals surface area (Å²) in [5.41, 5.74) is 0. The number of carbonyl (C=O) groups excluding carboxylic acids is 1. The molecule has 5 nitrogen and oxygen atoms in total. The molecule has 14 heavy (non-hydrogen) atoms. The van der Waals surface area contributed by atoms with Crippen LogP contribution in [0.25, 0.3) is 0 Å². The number of rotatable bonds is 3. The van der Waals surface area contributed by atoms with E-state index in [0.717, 1.165) is 0 Å². The first-order chi connectivity index (χ1) is 6.63. The zero-order chi connectivity index (χ0) is 10.6. The number of methoxy groups -OCH3 is 1. The van der Waals surface area contributed by atoms with Crippen LogP contribution in [0.3, 0.4) is 0 Å². The highest BCUT2D eigenvalue weighted by Crippen LogP contribution is 2.04. The Labute approximate surface area is 82.5 Å². The molecule has 1 aromatic rings. The lowest BCUT2D eigenvalue weighted by Crippen LogP contribution is -2.14. The lowest BCUT2D eigenvalue weighted by molar-refractivity contribution is 0.0587. The highest BCUT2D eigenvalue weighted by atomic mass is 16.5. The number of nitrogens with one attached hydrogen (secondary N) is 1. The molecule has 0 spiro atoms. The lowest BCUT2D eigenvalue weighted by Gasteiger charge is -2.08. The Hall–Kier alpha value is -1.65. The molecule has 0 saturated carbocycles. The van der Waals surface area contributed by atoms with E-state index in [1.807, 2.05) is 13.8 Å². The van der Waals surface area contributed by atoms with Gasteiger partial charge in [-0.3, -0.25) is 0 Å². The number of hydrogen-bond acceptors (Lipinski definition) is 5. The van der Waals surface area contributed by atoms with E-state index in [1.54, 1.807) is 6.07 Å². The molecule has 1 N–H and O–H groups in total. The van der Waals surface area contributed by atoms with Gasteiger partial charge in [-0.05, 0) is 19.9 Å². The first-order valence-electron chi connectivity index (χ1n) is 4.31. The van der Waals surface area contributed by atoms with Crippen molar-refractivity contribution in [3.05, 3.63) is 18.1 Å². The molecule has 1 aromatic heterocycles. The zero-order valence-corrected chi connectivity index (χ0v) is 8.44. The Morgan fingerprint density at radius 1 is 1.57 bits per heavy atom. The molecule has 0 aliphatic rings. The topological polar surface area (TPSA) is 64.1 Å². The first kappa shape index (κ1) is 10.4. The Kier molecular flexibility index (Phi) is 3.39. The Morgan fingerprint density at radius 3 is 2.86 bits per heavy atom. The summed E-state index contributed by atoms with van der Waals surface area (Å²) in [5, 5.41) is 3.07.